The van der Waals surface area contributed by atoms with Gasteiger partial charge in [-0.3, -0.25) is 14.6 Å². The molecule has 38 heavy (non-hydrogen) atoms. The van der Waals surface area contributed by atoms with Gasteiger partial charge in [0.15, 0.2) is 0 Å². The SMILES string of the molecule is CNC(=O)CN1CCOCC2(CCCN(Cc3ccc(C)s3)C2)C1.O=C(O)C(F)(F)F.O=C(O)C(F)(F)F. The van der Waals surface area contributed by atoms with E-state index in [9.17, 15) is 31.1 Å². The van der Waals surface area contributed by atoms with Gasteiger partial charge in [0.05, 0.1) is 19.8 Å². The van der Waals surface area contributed by atoms with Crippen molar-refractivity contribution in [3.05, 3.63) is 21.9 Å². The lowest BCUT2D eigenvalue weighted by Gasteiger charge is -2.43. The maximum absolute atomic E-state index is 11.8. The molecule has 2 fully saturated rings. The molecule has 1 aromatic rings. The third kappa shape index (κ3) is 12.4. The number of hydrogen-bond donors (Lipinski definition) is 3. The number of aryl methyl sites for hydroxylation is 1. The topological polar surface area (TPSA) is 119 Å². The first kappa shape index (κ1) is 33.6. The Hall–Kier alpha value is -2.43. The van der Waals surface area contributed by atoms with Crippen LogP contribution in [0.1, 0.15) is 22.6 Å². The number of likely N-dealkylation sites (N-methyl/N-ethyl adjacent to an activating group) is 1. The minimum atomic E-state index is -5.08. The van der Waals surface area contributed by atoms with E-state index in [2.05, 4.69) is 34.2 Å². The molecule has 1 amide bonds. The van der Waals surface area contributed by atoms with Crippen LogP contribution < -0.4 is 5.32 Å². The van der Waals surface area contributed by atoms with Crippen LogP contribution in [0.3, 0.4) is 0 Å². The zero-order valence-electron chi connectivity index (χ0n) is 20.8. The van der Waals surface area contributed by atoms with Crippen LogP contribution in [0.25, 0.3) is 0 Å². The van der Waals surface area contributed by atoms with E-state index in [1.807, 2.05) is 11.3 Å². The highest BCUT2D eigenvalue weighted by Gasteiger charge is 2.40. The highest BCUT2D eigenvalue weighted by Crippen LogP contribution is 2.34. The minimum Gasteiger partial charge on any atom is -0.475 e. The van der Waals surface area contributed by atoms with Crippen LogP contribution in [0.2, 0.25) is 0 Å². The number of thiophene rings is 1. The summed E-state index contributed by atoms with van der Waals surface area (Å²) < 4.78 is 69.4. The van der Waals surface area contributed by atoms with Crippen LogP contribution in [0.15, 0.2) is 12.1 Å². The zero-order chi connectivity index (χ0) is 29.1. The molecule has 3 rings (SSSR count). The Kier molecular flexibility index (Phi) is 13.0. The summed E-state index contributed by atoms with van der Waals surface area (Å²) in [7, 11) is 1.71. The van der Waals surface area contributed by atoms with Crippen LogP contribution in [0, 0.1) is 12.3 Å². The van der Waals surface area contributed by atoms with Crippen molar-refractivity contribution in [2.75, 3.05) is 53.0 Å². The van der Waals surface area contributed by atoms with E-state index < -0.39 is 24.3 Å². The number of rotatable bonds is 4. The summed E-state index contributed by atoms with van der Waals surface area (Å²) in [6, 6.07) is 4.46. The molecule has 0 bridgehead atoms. The lowest BCUT2D eigenvalue weighted by Crippen LogP contribution is -2.51. The Morgan fingerprint density at radius 3 is 2.05 bits per heavy atom. The van der Waals surface area contributed by atoms with Gasteiger partial charge in [0.1, 0.15) is 0 Å². The lowest BCUT2D eigenvalue weighted by atomic mass is 9.80. The summed E-state index contributed by atoms with van der Waals surface area (Å²) in [5, 5.41) is 17.0. The van der Waals surface area contributed by atoms with Crippen LogP contribution in [0.5, 0.6) is 0 Å². The Labute approximate surface area is 219 Å². The second-order valence-corrected chi connectivity index (χ2v) is 10.2. The molecule has 0 radical (unpaired) electrons. The maximum atomic E-state index is 11.8. The predicted octanol–water partition coefficient (Wildman–Crippen LogP) is 2.98. The molecule has 1 aromatic heterocycles. The molecule has 3 heterocycles. The second kappa shape index (κ2) is 14.6. The Balaban J connectivity index is 0.000000426. The largest absolute Gasteiger partial charge is 0.490 e. The van der Waals surface area contributed by atoms with Gasteiger partial charge in [-0.1, -0.05) is 0 Å². The van der Waals surface area contributed by atoms with Crippen molar-refractivity contribution in [2.45, 2.75) is 38.7 Å². The average Bonchev–Trinajstić information content (AvgIpc) is 3.10. The Bertz CT molecular complexity index is 902. The number of nitrogens with zero attached hydrogens (tertiary/aromatic N) is 2. The van der Waals surface area contributed by atoms with E-state index in [0.717, 1.165) is 45.9 Å². The van der Waals surface area contributed by atoms with E-state index in [4.69, 9.17) is 24.5 Å². The number of alkyl halides is 6. The number of amides is 1. The summed E-state index contributed by atoms with van der Waals surface area (Å²) in [4.78, 5) is 37.2. The van der Waals surface area contributed by atoms with E-state index in [1.165, 1.54) is 22.6 Å². The molecule has 2 aliphatic heterocycles. The number of piperidine rings is 1. The first-order valence-electron chi connectivity index (χ1n) is 11.4. The van der Waals surface area contributed by atoms with Crippen molar-refractivity contribution in [1.82, 2.24) is 15.1 Å². The lowest BCUT2D eigenvalue weighted by molar-refractivity contribution is -0.193. The summed E-state index contributed by atoms with van der Waals surface area (Å²) in [6.45, 7) is 9.26. The molecular weight excluding hydrogens is 548 g/mol. The summed E-state index contributed by atoms with van der Waals surface area (Å²) >= 11 is 1.90. The van der Waals surface area contributed by atoms with Gasteiger partial charge >= 0.3 is 24.3 Å². The minimum absolute atomic E-state index is 0.0915. The highest BCUT2D eigenvalue weighted by molar-refractivity contribution is 7.11. The quantitative estimate of drug-likeness (QED) is 0.466. The molecule has 1 atom stereocenters. The number of nitrogens with one attached hydrogen (secondary N) is 1. The van der Waals surface area contributed by atoms with E-state index in [-0.39, 0.29) is 11.3 Å². The van der Waals surface area contributed by atoms with Gasteiger partial charge in [-0.25, -0.2) is 9.59 Å². The van der Waals surface area contributed by atoms with Crippen molar-refractivity contribution in [1.29, 1.82) is 0 Å². The number of hydrogen-bond acceptors (Lipinski definition) is 7. The number of carboxylic acid groups (broad SMARTS) is 2. The Morgan fingerprint density at radius 1 is 1.03 bits per heavy atom. The van der Waals surface area contributed by atoms with Gasteiger partial charge < -0.3 is 20.3 Å². The summed E-state index contributed by atoms with van der Waals surface area (Å²) in [5.74, 6) is -5.42. The fourth-order valence-electron chi connectivity index (χ4n) is 3.98. The van der Waals surface area contributed by atoms with Crippen molar-refractivity contribution in [3.8, 4) is 0 Å². The number of aliphatic carboxylic acids is 2. The summed E-state index contributed by atoms with van der Waals surface area (Å²) in [5.41, 5.74) is 0.162. The van der Waals surface area contributed by atoms with E-state index in [0.29, 0.717) is 6.54 Å². The molecule has 1 unspecified atom stereocenters. The number of halogens is 6. The van der Waals surface area contributed by atoms with Crippen LogP contribution in [-0.4, -0.2) is 103 Å². The molecular formula is C22H31F6N3O6S. The normalized spacial score (nSPS) is 20.8. The van der Waals surface area contributed by atoms with Crippen molar-refractivity contribution < 1.29 is 55.7 Å². The van der Waals surface area contributed by atoms with Gasteiger partial charge in [0.2, 0.25) is 5.91 Å². The van der Waals surface area contributed by atoms with Crippen molar-refractivity contribution in [2.24, 2.45) is 5.41 Å². The number of carbonyl (C=O) groups excluding carboxylic acids is 1. The third-order valence-corrected chi connectivity index (χ3v) is 6.55. The smallest absolute Gasteiger partial charge is 0.475 e. The van der Waals surface area contributed by atoms with Crippen LogP contribution in [-0.2, 0) is 25.7 Å². The maximum Gasteiger partial charge on any atom is 0.490 e. The van der Waals surface area contributed by atoms with Gasteiger partial charge in [-0.2, -0.15) is 26.3 Å². The Morgan fingerprint density at radius 2 is 1.58 bits per heavy atom. The zero-order valence-corrected chi connectivity index (χ0v) is 21.6. The van der Waals surface area contributed by atoms with E-state index in [1.54, 1.807) is 7.05 Å². The molecule has 2 saturated heterocycles. The fraction of sp³-hybridized carbons (Fsp3) is 0.682. The molecule has 0 aromatic carbocycles. The number of carboxylic acids is 2. The third-order valence-electron chi connectivity index (χ3n) is 5.57. The molecule has 1 spiro atoms. The van der Waals surface area contributed by atoms with Crippen LogP contribution >= 0.6 is 11.3 Å². The molecule has 3 N–H and O–H groups in total. The van der Waals surface area contributed by atoms with E-state index >= 15 is 0 Å². The number of ether oxygens (including phenoxy) is 1. The summed E-state index contributed by atoms with van der Waals surface area (Å²) in [6.07, 6.45) is -7.77. The van der Waals surface area contributed by atoms with Gasteiger partial charge in [-0.15, -0.1) is 11.3 Å². The molecule has 0 aliphatic carbocycles. The standard InChI is InChI=1S/C18H29N3O2S.2C2HF3O2/c1-15-4-5-16(24-15)10-20-7-3-6-18(12-20)13-21(8-9-23-14-18)11-17(22)19-2;2*3-2(4,5)1(6)7/h4-5H,3,6-14H2,1-2H3,(H,19,22);2*(H,6,7). The van der Waals surface area contributed by atoms with Crippen LogP contribution in [0.4, 0.5) is 26.3 Å². The monoisotopic (exact) mass is 579 g/mol. The van der Waals surface area contributed by atoms with Crippen molar-refractivity contribution >= 4 is 29.2 Å². The second-order valence-electron chi connectivity index (χ2n) is 8.87. The van der Waals surface area contributed by atoms with Crippen molar-refractivity contribution in [3.63, 3.8) is 0 Å². The number of carbonyl (C=O) groups is 3. The molecule has 16 heteroatoms. The first-order chi connectivity index (χ1) is 17.5. The molecule has 218 valence electrons. The predicted molar refractivity (Wildman–Crippen MR) is 125 cm³/mol. The van der Waals surface area contributed by atoms with Gasteiger partial charge in [-0.05, 0) is 38.4 Å². The first-order valence-corrected chi connectivity index (χ1v) is 12.2. The fourth-order valence-corrected chi connectivity index (χ4v) is 4.91. The number of likely N-dealkylation sites (tertiary alicyclic amines) is 1. The highest BCUT2D eigenvalue weighted by atomic mass is 32.1. The molecule has 2 aliphatic rings. The molecule has 0 saturated carbocycles. The molecule has 9 nitrogen and oxygen atoms in total. The van der Waals surface area contributed by atoms with Gasteiger partial charge in [0.25, 0.3) is 0 Å². The van der Waals surface area contributed by atoms with Gasteiger partial charge in [0, 0.05) is 48.4 Å². The average molecular weight is 580 g/mol.